The topological polar surface area (TPSA) is 52.0 Å². The molecule has 0 saturated heterocycles. The van der Waals surface area contributed by atoms with Gasteiger partial charge in [-0.25, -0.2) is 0 Å². The normalized spacial score (nSPS) is 10.5. The van der Waals surface area contributed by atoms with Gasteiger partial charge in [-0.1, -0.05) is 35.0 Å². The van der Waals surface area contributed by atoms with Gasteiger partial charge in [0.25, 0.3) is 0 Å². The summed E-state index contributed by atoms with van der Waals surface area (Å²) in [5.41, 5.74) is 12.7. The van der Waals surface area contributed by atoms with Gasteiger partial charge in [0, 0.05) is 19.8 Å². The van der Waals surface area contributed by atoms with Crippen LogP contribution in [0.4, 0.5) is 11.4 Å². The first-order valence-corrected chi connectivity index (χ1v) is 6.41. The lowest BCUT2D eigenvalue weighted by Gasteiger charge is -2.08. The van der Waals surface area contributed by atoms with Gasteiger partial charge in [-0.05, 0) is 36.4 Å². The maximum atomic E-state index is 5.94. The van der Waals surface area contributed by atoms with Gasteiger partial charge in [-0.3, -0.25) is 0 Å². The lowest BCUT2D eigenvalue weighted by atomic mass is 10.3. The third kappa shape index (κ3) is 3.00. The first kappa shape index (κ1) is 12.4. The second-order valence-corrected chi connectivity index (χ2v) is 5.45. The van der Waals surface area contributed by atoms with Crippen molar-refractivity contribution in [3.8, 4) is 0 Å². The highest BCUT2D eigenvalue weighted by Crippen LogP contribution is 2.37. The molecule has 88 valence electrons. The minimum atomic E-state index is 0.494. The fraction of sp³-hybridized carbons (Fsp3) is 0. The second kappa shape index (κ2) is 5.08. The molecule has 0 spiro atoms. The quantitative estimate of drug-likeness (QED) is 0.808. The van der Waals surface area contributed by atoms with Crippen molar-refractivity contribution >= 4 is 46.3 Å². The number of nitrogen functional groups attached to an aromatic ring is 2. The van der Waals surface area contributed by atoms with E-state index < -0.39 is 0 Å². The van der Waals surface area contributed by atoms with Gasteiger partial charge in [-0.2, -0.15) is 0 Å². The SMILES string of the molecule is Nc1cc(Cl)cc(Sc2ccc(Cl)cc2)c1N. The van der Waals surface area contributed by atoms with Gasteiger partial charge in [-0.15, -0.1) is 0 Å². The molecule has 2 rings (SSSR count). The van der Waals surface area contributed by atoms with E-state index in [1.54, 1.807) is 12.1 Å². The van der Waals surface area contributed by atoms with Crippen LogP contribution in [0, 0.1) is 0 Å². The van der Waals surface area contributed by atoms with Crippen LogP contribution in [-0.4, -0.2) is 0 Å². The molecule has 17 heavy (non-hydrogen) atoms. The van der Waals surface area contributed by atoms with E-state index in [0.29, 0.717) is 21.4 Å². The Labute approximate surface area is 114 Å². The Morgan fingerprint density at radius 3 is 2.18 bits per heavy atom. The van der Waals surface area contributed by atoms with Crippen LogP contribution in [0.3, 0.4) is 0 Å². The molecule has 0 aromatic heterocycles. The van der Waals surface area contributed by atoms with Crippen LogP contribution >= 0.6 is 35.0 Å². The molecule has 4 N–H and O–H groups in total. The van der Waals surface area contributed by atoms with Crippen LogP contribution < -0.4 is 11.5 Å². The Balaban J connectivity index is 2.32. The molecule has 0 aliphatic rings. The number of rotatable bonds is 2. The van der Waals surface area contributed by atoms with Crippen molar-refractivity contribution in [1.29, 1.82) is 0 Å². The summed E-state index contributed by atoms with van der Waals surface area (Å²) in [7, 11) is 0. The maximum absolute atomic E-state index is 5.94. The number of hydrogen-bond donors (Lipinski definition) is 2. The van der Waals surface area contributed by atoms with E-state index in [2.05, 4.69) is 0 Å². The van der Waals surface area contributed by atoms with Gasteiger partial charge in [0.05, 0.1) is 11.4 Å². The number of anilines is 2. The predicted molar refractivity (Wildman–Crippen MR) is 75.9 cm³/mol. The zero-order chi connectivity index (χ0) is 12.4. The molecule has 0 aliphatic heterocycles. The zero-order valence-corrected chi connectivity index (χ0v) is 11.1. The van der Waals surface area contributed by atoms with Crippen LogP contribution in [0.15, 0.2) is 46.2 Å². The molecule has 0 fully saturated rings. The van der Waals surface area contributed by atoms with E-state index in [1.165, 1.54) is 11.8 Å². The maximum Gasteiger partial charge on any atom is 0.0690 e. The average molecular weight is 285 g/mol. The fourth-order valence-corrected chi connectivity index (χ4v) is 2.68. The molecule has 0 atom stereocenters. The molecule has 0 aliphatic carbocycles. The monoisotopic (exact) mass is 284 g/mol. The summed E-state index contributed by atoms with van der Waals surface area (Å²) in [6, 6.07) is 10.9. The molecule has 0 bridgehead atoms. The van der Waals surface area contributed by atoms with Crippen molar-refractivity contribution in [2.75, 3.05) is 11.5 Å². The van der Waals surface area contributed by atoms with Gasteiger partial charge < -0.3 is 11.5 Å². The Kier molecular flexibility index (Phi) is 3.72. The third-order valence-corrected chi connectivity index (χ3v) is 3.72. The van der Waals surface area contributed by atoms with E-state index in [1.807, 2.05) is 24.3 Å². The number of hydrogen-bond acceptors (Lipinski definition) is 3. The highest BCUT2D eigenvalue weighted by atomic mass is 35.5. The lowest BCUT2D eigenvalue weighted by molar-refractivity contribution is 1.41. The first-order chi connectivity index (χ1) is 8.06. The minimum Gasteiger partial charge on any atom is -0.397 e. The van der Waals surface area contributed by atoms with E-state index in [4.69, 9.17) is 34.7 Å². The molecule has 0 saturated carbocycles. The van der Waals surface area contributed by atoms with Crippen LogP contribution in [0.1, 0.15) is 0 Å². The van der Waals surface area contributed by atoms with Crippen LogP contribution in [-0.2, 0) is 0 Å². The minimum absolute atomic E-state index is 0.494. The molecular formula is C12H10Cl2N2S. The van der Waals surface area contributed by atoms with Crippen molar-refractivity contribution in [3.05, 3.63) is 46.4 Å². The summed E-state index contributed by atoms with van der Waals surface area (Å²) >= 11 is 13.3. The van der Waals surface area contributed by atoms with Crippen LogP contribution in [0.5, 0.6) is 0 Å². The molecule has 0 radical (unpaired) electrons. The van der Waals surface area contributed by atoms with E-state index >= 15 is 0 Å². The van der Waals surface area contributed by atoms with Crippen molar-refractivity contribution in [1.82, 2.24) is 0 Å². The van der Waals surface area contributed by atoms with E-state index in [9.17, 15) is 0 Å². The van der Waals surface area contributed by atoms with Crippen molar-refractivity contribution in [2.24, 2.45) is 0 Å². The van der Waals surface area contributed by atoms with Gasteiger partial charge >= 0.3 is 0 Å². The van der Waals surface area contributed by atoms with Crippen molar-refractivity contribution in [3.63, 3.8) is 0 Å². The first-order valence-electron chi connectivity index (χ1n) is 4.84. The number of benzene rings is 2. The third-order valence-electron chi connectivity index (χ3n) is 2.18. The van der Waals surface area contributed by atoms with Gasteiger partial charge in [0.15, 0.2) is 0 Å². The Morgan fingerprint density at radius 2 is 1.53 bits per heavy atom. The predicted octanol–water partition coefficient (Wildman–Crippen LogP) is 4.31. The highest BCUT2D eigenvalue weighted by Gasteiger charge is 2.07. The molecule has 5 heteroatoms. The summed E-state index contributed by atoms with van der Waals surface area (Å²) in [5.74, 6) is 0. The molecule has 0 unspecified atom stereocenters. The zero-order valence-electron chi connectivity index (χ0n) is 8.78. The molecule has 2 aromatic carbocycles. The van der Waals surface area contributed by atoms with Crippen molar-refractivity contribution in [2.45, 2.75) is 9.79 Å². The number of nitrogens with two attached hydrogens (primary N) is 2. The Hall–Kier alpha value is -1.03. The molecule has 0 amide bonds. The number of halogens is 2. The summed E-state index contributed by atoms with van der Waals surface area (Å²) < 4.78 is 0. The highest BCUT2D eigenvalue weighted by molar-refractivity contribution is 7.99. The van der Waals surface area contributed by atoms with Gasteiger partial charge in [0.2, 0.25) is 0 Å². The Morgan fingerprint density at radius 1 is 0.882 bits per heavy atom. The van der Waals surface area contributed by atoms with Crippen LogP contribution in [0.2, 0.25) is 10.0 Å². The average Bonchev–Trinajstić information content (AvgIpc) is 2.28. The molecule has 0 heterocycles. The Bertz CT molecular complexity index is 541. The fourth-order valence-electron chi connectivity index (χ4n) is 1.33. The molecule has 2 nitrogen and oxygen atoms in total. The lowest BCUT2D eigenvalue weighted by Crippen LogP contribution is -1.96. The summed E-state index contributed by atoms with van der Waals surface area (Å²) in [4.78, 5) is 1.88. The summed E-state index contributed by atoms with van der Waals surface area (Å²) in [5, 5.41) is 1.28. The van der Waals surface area contributed by atoms with E-state index in [0.717, 1.165) is 9.79 Å². The molecular weight excluding hydrogens is 275 g/mol. The summed E-state index contributed by atoms with van der Waals surface area (Å²) in [6.45, 7) is 0. The van der Waals surface area contributed by atoms with Gasteiger partial charge in [0.1, 0.15) is 0 Å². The summed E-state index contributed by atoms with van der Waals surface area (Å²) in [6.07, 6.45) is 0. The van der Waals surface area contributed by atoms with E-state index in [-0.39, 0.29) is 0 Å². The second-order valence-electron chi connectivity index (χ2n) is 3.46. The standard InChI is InChI=1S/C12H10Cl2N2S/c13-7-1-3-9(4-2-7)17-11-6-8(14)5-10(15)12(11)16/h1-6H,15-16H2. The molecule has 2 aromatic rings. The largest absolute Gasteiger partial charge is 0.397 e. The smallest absolute Gasteiger partial charge is 0.0690 e. The van der Waals surface area contributed by atoms with Crippen LogP contribution in [0.25, 0.3) is 0 Å². The van der Waals surface area contributed by atoms with Crippen molar-refractivity contribution < 1.29 is 0 Å².